The number of cyclic esters (lactones) is 1. The number of hydrogen-bond acceptors (Lipinski definition) is 8. The zero-order chi connectivity index (χ0) is 31.1. The first-order chi connectivity index (χ1) is 20.5. The molecular weight excluding hydrogens is 551 g/mol. The van der Waals surface area contributed by atoms with Gasteiger partial charge >= 0.3 is 12.1 Å². The van der Waals surface area contributed by atoms with Gasteiger partial charge in [-0.05, 0) is 81.6 Å². The number of carbonyl (C=O) groups excluding carboxylic acids is 2. The summed E-state index contributed by atoms with van der Waals surface area (Å²) in [6.45, 7) is 10.3. The molecule has 238 valence electrons. The van der Waals surface area contributed by atoms with Crippen molar-refractivity contribution in [2.24, 2.45) is 11.8 Å². The van der Waals surface area contributed by atoms with Crippen LogP contribution < -0.4 is 10.2 Å². The lowest BCUT2D eigenvalue weighted by Crippen LogP contribution is -2.48. The van der Waals surface area contributed by atoms with Gasteiger partial charge in [-0.1, -0.05) is 26.0 Å². The van der Waals surface area contributed by atoms with Crippen LogP contribution in [0.25, 0.3) is 6.08 Å². The van der Waals surface area contributed by atoms with E-state index in [0.29, 0.717) is 37.5 Å². The van der Waals surface area contributed by atoms with Crippen molar-refractivity contribution in [2.75, 3.05) is 58.3 Å². The fraction of sp³-hybridized carbons (Fsp3) is 0.636. The number of carbonyl (C=O) groups is 2. The number of aliphatic hydroxyl groups excluding tert-OH is 1. The summed E-state index contributed by atoms with van der Waals surface area (Å²) in [4.78, 5) is 32.0. The van der Waals surface area contributed by atoms with E-state index in [-0.39, 0.29) is 30.2 Å². The van der Waals surface area contributed by atoms with Gasteiger partial charge in [-0.3, -0.25) is 4.79 Å². The van der Waals surface area contributed by atoms with Crippen LogP contribution in [0.1, 0.15) is 52.0 Å². The Labute approximate surface area is 255 Å². The largest absolute Gasteiger partial charge is 0.457 e. The van der Waals surface area contributed by atoms with Gasteiger partial charge in [-0.15, -0.1) is 0 Å². The van der Waals surface area contributed by atoms with E-state index < -0.39 is 24.3 Å². The average Bonchev–Trinajstić information content (AvgIpc) is 3.45. The van der Waals surface area contributed by atoms with Crippen molar-refractivity contribution in [3.05, 3.63) is 47.3 Å². The van der Waals surface area contributed by atoms with Crippen LogP contribution in [0.4, 0.5) is 14.9 Å². The summed E-state index contributed by atoms with van der Waals surface area (Å²) in [5, 5.41) is 13.9. The third-order valence-corrected chi connectivity index (χ3v) is 8.97. The van der Waals surface area contributed by atoms with Gasteiger partial charge in [0.1, 0.15) is 18.0 Å². The summed E-state index contributed by atoms with van der Waals surface area (Å²) in [5.41, 5.74) is 2.26. The molecule has 1 aromatic carbocycles. The van der Waals surface area contributed by atoms with E-state index >= 15 is 0 Å². The van der Waals surface area contributed by atoms with Crippen LogP contribution in [0.3, 0.4) is 0 Å². The SMILES string of the molecule is CN[C@H]1CCN(c2cc(F)cc(/C=C(\C)[C@H]3OC(=O)C[C@@H](O)CC[C@@H](C)[C@@H](OC(=O)N4CCN(C)CC4)/C=C\[C@@H]3C)c2)C1. The molecule has 43 heavy (non-hydrogen) atoms. The van der Waals surface area contributed by atoms with E-state index in [2.05, 4.69) is 15.1 Å². The van der Waals surface area contributed by atoms with Crippen molar-refractivity contribution in [2.45, 2.75) is 70.8 Å². The lowest BCUT2D eigenvalue weighted by molar-refractivity contribution is -0.151. The number of piperazine rings is 1. The van der Waals surface area contributed by atoms with Crippen molar-refractivity contribution in [3.63, 3.8) is 0 Å². The molecule has 1 amide bonds. The number of likely N-dealkylation sites (N-methyl/N-ethyl adjacent to an activating group) is 2. The number of ether oxygens (including phenoxy) is 2. The molecular formula is C33H49FN4O5. The molecule has 2 saturated heterocycles. The van der Waals surface area contributed by atoms with Crippen LogP contribution >= 0.6 is 0 Å². The van der Waals surface area contributed by atoms with E-state index in [9.17, 15) is 19.1 Å². The topological polar surface area (TPSA) is 94.6 Å². The highest BCUT2D eigenvalue weighted by Crippen LogP contribution is 2.28. The van der Waals surface area contributed by atoms with Gasteiger partial charge in [-0.25, -0.2) is 9.18 Å². The Morgan fingerprint density at radius 2 is 1.84 bits per heavy atom. The van der Waals surface area contributed by atoms with Crippen LogP contribution in [0.5, 0.6) is 0 Å². The second-order valence-corrected chi connectivity index (χ2v) is 12.6. The van der Waals surface area contributed by atoms with Crippen molar-refractivity contribution < 1.29 is 28.6 Å². The number of benzene rings is 1. The van der Waals surface area contributed by atoms with Crippen molar-refractivity contribution in [1.82, 2.24) is 15.1 Å². The van der Waals surface area contributed by atoms with Crippen molar-refractivity contribution in [1.29, 1.82) is 0 Å². The van der Waals surface area contributed by atoms with Gasteiger partial charge in [0.2, 0.25) is 0 Å². The zero-order valence-electron chi connectivity index (χ0n) is 26.3. The Kier molecular flexibility index (Phi) is 11.6. The molecule has 3 aliphatic rings. The first-order valence-electron chi connectivity index (χ1n) is 15.6. The van der Waals surface area contributed by atoms with Gasteiger partial charge in [-0.2, -0.15) is 0 Å². The predicted molar refractivity (Wildman–Crippen MR) is 166 cm³/mol. The number of anilines is 1. The number of amides is 1. The Balaban J connectivity index is 1.55. The fourth-order valence-corrected chi connectivity index (χ4v) is 6.07. The Morgan fingerprint density at radius 1 is 1.09 bits per heavy atom. The Bertz CT molecular complexity index is 1170. The number of rotatable bonds is 5. The summed E-state index contributed by atoms with van der Waals surface area (Å²) in [7, 11) is 3.98. The first-order valence-corrected chi connectivity index (χ1v) is 15.6. The standard InChI is InChI=1S/C33H49FN4O5/c1-22-6-8-29(39)20-31(40)43-32(23(2)7-9-30(22)42-33(41)37-14-12-36(5)13-15-37)24(3)16-25-17-26(34)19-28(18-25)38-11-10-27(21-38)35-4/h7,9,16-19,22-23,27,29-30,32,35,39H,6,8,10-15,20-21H2,1-5H3/b9-7-,24-16+/t22-,23+,27+,29+,30+,32+/m1/s1. The molecule has 2 fully saturated rings. The minimum atomic E-state index is -0.861. The Morgan fingerprint density at radius 3 is 2.53 bits per heavy atom. The molecule has 2 N–H and O–H groups in total. The fourth-order valence-electron chi connectivity index (χ4n) is 6.07. The van der Waals surface area contributed by atoms with Gasteiger partial charge in [0, 0.05) is 56.9 Å². The maximum atomic E-state index is 14.7. The minimum absolute atomic E-state index is 0.0566. The number of hydrogen-bond donors (Lipinski definition) is 2. The van der Waals surface area contributed by atoms with E-state index in [1.54, 1.807) is 11.0 Å². The molecule has 3 aliphatic heterocycles. The van der Waals surface area contributed by atoms with Crippen molar-refractivity contribution >= 4 is 23.8 Å². The summed E-state index contributed by atoms with van der Waals surface area (Å²) in [5.74, 6) is -1.13. The third-order valence-electron chi connectivity index (χ3n) is 8.97. The summed E-state index contributed by atoms with van der Waals surface area (Å²) in [6.07, 6.45) is 5.19. The van der Waals surface area contributed by atoms with Crippen molar-refractivity contribution in [3.8, 4) is 0 Å². The second kappa shape index (κ2) is 15.2. The van der Waals surface area contributed by atoms with Crippen LogP contribution in [-0.4, -0.2) is 105 Å². The van der Waals surface area contributed by atoms with E-state index in [1.165, 1.54) is 6.07 Å². The van der Waals surface area contributed by atoms with E-state index in [4.69, 9.17) is 9.47 Å². The molecule has 0 radical (unpaired) electrons. The number of nitrogens with zero attached hydrogens (tertiary/aromatic N) is 3. The number of esters is 1. The smallest absolute Gasteiger partial charge is 0.410 e. The summed E-state index contributed by atoms with van der Waals surface area (Å²) >= 11 is 0. The average molecular weight is 601 g/mol. The number of halogens is 1. The molecule has 3 heterocycles. The van der Waals surface area contributed by atoms with E-state index in [1.807, 2.05) is 59.2 Å². The highest BCUT2D eigenvalue weighted by atomic mass is 19.1. The third kappa shape index (κ3) is 9.27. The predicted octanol–water partition coefficient (Wildman–Crippen LogP) is 4.06. The van der Waals surface area contributed by atoms with Crippen LogP contribution in [0.2, 0.25) is 0 Å². The van der Waals surface area contributed by atoms with Gasteiger partial charge < -0.3 is 34.6 Å². The maximum absolute atomic E-state index is 14.7. The van der Waals surface area contributed by atoms with Crippen LogP contribution in [0, 0.1) is 17.7 Å². The molecule has 9 nitrogen and oxygen atoms in total. The Hall–Kier alpha value is -2.95. The molecule has 4 rings (SSSR count). The monoisotopic (exact) mass is 600 g/mol. The van der Waals surface area contributed by atoms with Crippen LogP contribution in [0.15, 0.2) is 35.9 Å². The number of aliphatic hydroxyl groups is 1. The normalized spacial score (nSPS) is 30.8. The van der Waals surface area contributed by atoms with Gasteiger partial charge in [0.15, 0.2) is 0 Å². The highest BCUT2D eigenvalue weighted by Gasteiger charge is 2.29. The van der Waals surface area contributed by atoms with Gasteiger partial charge in [0.25, 0.3) is 0 Å². The first kappa shape index (κ1) is 33.0. The van der Waals surface area contributed by atoms with Gasteiger partial charge in [0.05, 0.1) is 12.5 Å². The molecule has 10 heteroatoms. The van der Waals surface area contributed by atoms with E-state index in [0.717, 1.165) is 43.9 Å². The molecule has 0 unspecified atom stereocenters. The minimum Gasteiger partial charge on any atom is -0.457 e. The second-order valence-electron chi connectivity index (χ2n) is 12.6. The molecule has 0 aromatic heterocycles. The lowest BCUT2D eigenvalue weighted by atomic mass is 9.91. The molecule has 6 atom stereocenters. The zero-order valence-corrected chi connectivity index (χ0v) is 26.3. The van der Waals surface area contributed by atoms with Crippen LogP contribution in [-0.2, 0) is 14.3 Å². The lowest BCUT2D eigenvalue weighted by Gasteiger charge is -2.33. The summed E-state index contributed by atoms with van der Waals surface area (Å²) < 4.78 is 26.7. The maximum Gasteiger partial charge on any atom is 0.410 e. The molecule has 0 saturated carbocycles. The molecule has 0 spiro atoms. The summed E-state index contributed by atoms with van der Waals surface area (Å²) in [6, 6.07) is 5.37. The molecule has 0 bridgehead atoms. The number of nitrogens with one attached hydrogen (secondary N) is 1. The highest BCUT2D eigenvalue weighted by molar-refractivity contribution is 5.71. The molecule has 0 aliphatic carbocycles. The quantitative estimate of drug-likeness (QED) is 0.386. The molecule has 1 aromatic rings.